The fourth-order valence-electron chi connectivity index (χ4n) is 1.56. The molecule has 0 radical (unpaired) electrons. The lowest BCUT2D eigenvalue weighted by atomic mass is 10.2. The average Bonchev–Trinajstić information content (AvgIpc) is 2.90. The molecule has 1 aromatic heterocycles. The molecule has 0 saturated heterocycles. The molecule has 19 heavy (non-hydrogen) atoms. The van der Waals surface area contributed by atoms with Crippen LogP contribution >= 0.6 is 11.3 Å². The quantitative estimate of drug-likeness (QED) is 0.816. The van der Waals surface area contributed by atoms with Crippen LogP contribution in [0, 0.1) is 0 Å². The maximum absolute atomic E-state index is 10.4. The van der Waals surface area contributed by atoms with Crippen LogP contribution in [0.25, 0.3) is 0 Å². The van der Waals surface area contributed by atoms with Crippen LogP contribution in [0.1, 0.15) is 11.1 Å². The molecular weight excluding hydrogens is 262 g/mol. The van der Waals surface area contributed by atoms with E-state index in [1.165, 1.54) is 0 Å². The predicted octanol–water partition coefficient (Wildman–Crippen LogP) is 2.50. The molecule has 0 aliphatic heterocycles. The molecule has 0 spiro atoms. The van der Waals surface area contributed by atoms with Crippen LogP contribution in [0.5, 0.6) is 5.75 Å². The fraction of sp³-hybridized carbons (Fsp3) is 0.214. The second-order valence-corrected chi connectivity index (χ2v) is 4.84. The van der Waals surface area contributed by atoms with Crippen LogP contribution in [-0.2, 0) is 17.9 Å². The first-order valence-electron chi connectivity index (χ1n) is 5.89. The van der Waals surface area contributed by atoms with E-state index in [2.05, 4.69) is 10.7 Å². The number of carbonyl (C=O) groups is 1. The second-order valence-electron chi connectivity index (χ2n) is 4.06. The van der Waals surface area contributed by atoms with Crippen LogP contribution in [0.3, 0.4) is 0 Å². The van der Waals surface area contributed by atoms with Gasteiger partial charge in [-0.15, -0.1) is 0 Å². The molecule has 0 saturated carbocycles. The molecule has 0 amide bonds. The van der Waals surface area contributed by atoms with E-state index in [1.54, 1.807) is 11.3 Å². The van der Waals surface area contributed by atoms with Crippen molar-refractivity contribution in [2.75, 3.05) is 6.54 Å². The number of aliphatic carboxylic acids is 1. The first-order chi connectivity index (χ1) is 9.24. The first kappa shape index (κ1) is 13.6. The molecule has 5 heteroatoms. The van der Waals surface area contributed by atoms with Crippen molar-refractivity contribution in [2.24, 2.45) is 0 Å². The van der Waals surface area contributed by atoms with E-state index in [9.17, 15) is 4.79 Å². The van der Waals surface area contributed by atoms with Gasteiger partial charge in [-0.2, -0.15) is 11.3 Å². The van der Waals surface area contributed by atoms with Gasteiger partial charge in [0.15, 0.2) is 0 Å². The van der Waals surface area contributed by atoms with Gasteiger partial charge in [0.05, 0.1) is 6.54 Å². The van der Waals surface area contributed by atoms with Gasteiger partial charge < -0.3 is 15.2 Å². The zero-order valence-corrected chi connectivity index (χ0v) is 11.2. The molecule has 4 nitrogen and oxygen atoms in total. The predicted molar refractivity (Wildman–Crippen MR) is 74.4 cm³/mol. The van der Waals surface area contributed by atoms with E-state index in [-0.39, 0.29) is 6.54 Å². The molecule has 1 aromatic carbocycles. The van der Waals surface area contributed by atoms with Gasteiger partial charge in [-0.3, -0.25) is 4.79 Å². The van der Waals surface area contributed by atoms with Gasteiger partial charge in [0.1, 0.15) is 12.4 Å². The zero-order chi connectivity index (χ0) is 13.5. The number of ether oxygens (including phenoxy) is 1. The van der Waals surface area contributed by atoms with E-state index in [0.717, 1.165) is 16.9 Å². The maximum Gasteiger partial charge on any atom is 0.317 e. The highest BCUT2D eigenvalue weighted by atomic mass is 32.1. The smallest absolute Gasteiger partial charge is 0.317 e. The van der Waals surface area contributed by atoms with Crippen LogP contribution < -0.4 is 10.1 Å². The number of thiophene rings is 1. The Kier molecular flexibility index (Phi) is 4.94. The Morgan fingerprint density at radius 2 is 2.00 bits per heavy atom. The van der Waals surface area contributed by atoms with Crippen molar-refractivity contribution in [3.8, 4) is 5.75 Å². The number of nitrogens with one attached hydrogen (secondary N) is 1. The van der Waals surface area contributed by atoms with E-state index in [0.29, 0.717) is 13.2 Å². The van der Waals surface area contributed by atoms with Gasteiger partial charge in [0, 0.05) is 6.54 Å². The lowest BCUT2D eigenvalue weighted by Gasteiger charge is -2.06. The minimum Gasteiger partial charge on any atom is -0.489 e. The minimum atomic E-state index is -0.851. The lowest BCUT2D eigenvalue weighted by Crippen LogP contribution is -2.21. The Balaban J connectivity index is 1.79. The van der Waals surface area contributed by atoms with Gasteiger partial charge in [-0.05, 0) is 40.1 Å². The number of hydrogen-bond acceptors (Lipinski definition) is 4. The topological polar surface area (TPSA) is 58.6 Å². The van der Waals surface area contributed by atoms with E-state index in [4.69, 9.17) is 9.84 Å². The van der Waals surface area contributed by atoms with E-state index < -0.39 is 5.97 Å². The first-order valence-corrected chi connectivity index (χ1v) is 6.83. The lowest BCUT2D eigenvalue weighted by molar-refractivity contribution is -0.135. The largest absolute Gasteiger partial charge is 0.489 e. The van der Waals surface area contributed by atoms with Crippen molar-refractivity contribution in [2.45, 2.75) is 13.2 Å². The fourth-order valence-corrected chi connectivity index (χ4v) is 2.21. The Labute approximate surface area is 115 Å². The molecule has 2 N–H and O–H groups in total. The molecule has 2 rings (SSSR count). The molecule has 0 aliphatic rings. The van der Waals surface area contributed by atoms with Gasteiger partial charge in [0.2, 0.25) is 0 Å². The summed E-state index contributed by atoms with van der Waals surface area (Å²) in [5.74, 6) is -0.0381. The minimum absolute atomic E-state index is 0.0313. The van der Waals surface area contributed by atoms with Crippen LogP contribution in [0.15, 0.2) is 41.1 Å². The monoisotopic (exact) mass is 277 g/mol. The number of rotatable bonds is 7. The van der Waals surface area contributed by atoms with Crippen molar-refractivity contribution in [1.82, 2.24) is 5.32 Å². The van der Waals surface area contributed by atoms with Crippen molar-refractivity contribution in [3.63, 3.8) is 0 Å². The van der Waals surface area contributed by atoms with Crippen molar-refractivity contribution >= 4 is 17.3 Å². The third-order valence-corrected chi connectivity index (χ3v) is 3.25. The summed E-state index contributed by atoms with van der Waals surface area (Å²) < 4.78 is 5.64. The summed E-state index contributed by atoms with van der Waals surface area (Å²) in [6.45, 7) is 1.08. The second kappa shape index (κ2) is 6.92. The van der Waals surface area contributed by atoms with Crippen LogP contribution in [0.2, 0.25) is 0 Å². The Hall–Kier alpha value is -1.85. The third kappa shape index (κ3) is 4.73. The molecule has 0 bridgehead atoms. The van der Waals surface area contributed by atoms with Gasteiger partial charge in [0.25, 0.3) is 0 Å². The summed E-state index contributed by atoms with van der Waals surface area (Å²) in [4.78, 5) is 10.4. The Bertz CT molecular complexity index is 508. The molecule has 0 aliphatic carbocycles. The summed E-state index contributed by atoms with van der Waals surface area (Å²) in [6.07, 6.45) is 0. The van der Waals surface area contributed by atoms with Gasteiger partial charge >= 0.3 is 5.97 Å². The normalized spacial score (nSPS) is 10.3. The summed E-state index contributed by atoms with van der Waals surface area (Å²) in [5.41, 5.74) is 2.20. The third-order valence-electron chi connectivity index (χ3n) is 2.51. The highest BCUT2D eigenvalue weighted by Crippen LogP contribution is 2.15. The van der Waals surface area contributed by atoms with Gasteiger partial charge in [-0.25, -0.2) is 0 Å². The molecule has 0 fully saturated rings. The van der Waals surface area contributed by atoms with E-state index >= 15 is 0 Å². The highest BCUT2D eigenvalue weighted by Gasteiger charge is 1.99. The van der Waals surface area contributed by atoms with Crippen molar-refractivity contribution < 1.29 is 14.6 Å². The standard InChI is InChI=1S/C14H15NO3S/c16-14(17)8-15-7-11-1-3-13(4-2-11)18-9-12-5-6-19-10-12/h1-6,10,15H,7-9H2,(H,16,17). The molecular formula is C14H15NO3S. The number of hydrogen-bond donors (Lipinski definition) is 2. The molecule has 100 valence electrons. The van der Waals surface area contributed by atoms with Crippen LogP contribution in [-0.4, -0.2) is 17.6 Å². The summed E-state index contributed by atoms with van der Waals surface area (Å²) >= 11 is 1.65. The summed E-state index contributed by atoms with van der Waals surface area (Å²) in [5, 5.41) is 15.4. The van der Waals surface area contributed by atoms with Crippen molar-refractivity contribution in [3.05, 3.63) is 52.2 Å². The zero-order valence-electron chi connectivity index (χ0n) is 10.3. The number of carboxylic acids is 1. The summed E-state index contributed by atoms with van der Waals surface area (Å²) in [7, 11) is 0. The van der Waals surface area contributed by atoms with E-state index in [1.807, 2.05) is 35.7 Å². The van der Waals surface area contributed by atoms with Crippen molar-refractivity contribution in [1.29, 1.82) is 0 Å². The highest BCUT2D eigenvalue weighted by molar-refractivity contribution is 7.07. The maximum atomic E-state index is 10.4. The molecule has 1 heterocycles. The average molecular weight is 277 g/mol. The number of benzene rings is 1. The van der Waals surface area contributed by atoms with Crippen LogP contribution in [0.4, 0.5) is 0 Å². The Morgan fingerprint density at radius 1 is 1.21 bits per heavy atom. The molecule has 2 aromatic rings. The molecule has 0 atom stereocenters. The molecule has 0 unspecified atom stereocenters. The Morgan fingerprint density at radius 3 is 2.63 bits per heavy atom. The van der Waals surface area contributed by atoms with Gasteiger partial charge in [-0.1, -0.05) is 12.1 Å². The number of carboxylic acid groups (broad SMARTS) is 1. The summed E-state index contributed by atoms with van der Waals surface area (Å²) in [6, 6.07) is 9.68. The SMILES string of the molecule is O=C(O)CNCc1ccc(OCc2ccsc2)cc1.